The van der Waals surface area contributed by atoms with Crippen molar-refractivity contribution in [2.24, 2.45) is 0 Å². The van der Waals surface area contributed by atoms with Crippen molar-refractivity contribution < 1.29 is 4.39 Å². The van der Waals surface area contributed by atoms with Crippen LogP contribution in [0.15, 0.2) is 36.4 Å². The fourth-order valence-corrected chi connectivity index (χ4v) is 1.97. The average molecular weight is 285 g/mol. The maximum atomic E-state index is 13.6. The van der Waals surface area contributed by atoms with Crippen molar-refractivity contribution in [2.45, 2.75) is 6.54 Å². The number of nitrogens with zero attached hydrogens (tertiary/aromatic N) is 2. The number of benzene rings is 1. The number of anilines is 1. The van der Waals surface area contributed by atoms with Crippen LogP contribution in [-0.2, 0) is 6.54 Å². The Labute approximate surface area is 115 Å². The van der Waals surface area contributed by atoms with Crippen LogP contribution in [0.2, 0.25) is 10.2 Å². The molecule has 0 saturated carbocycles. The van der Waals surface area contributed by atoms with E-state index in [0.717, 1.165) is 0 Å². The van der Waals surface area contributed by atoms with Crippen LogP contribution in [0.3, 0.4) is 0 Å². The molecule has 94 valence electrons. The summed E-state index contributed by atoms with van der Waals surface area (Å²) in [4.78, 5) is 5.87. The number of halogens is 3. The summed E-state index contributed by atoms with van der Waals surface area (Å²) < 4.78 is 13.6. The predicted octanol–water partition coefficient (Wildman–Crippen LogP) is 4.16. The SMILES string of the molecule is CN(Cc1nc(Cl)ccc1Cl)c1ccccc1F. The van der Waals surface area contributed by atoms with Crippen LogP contribution >= 0.6 is 23.2 Å². The van der Waals surface area contributed by atoms with Gasteiger partial charge in [0.2, 0.25) is 0 Å². The second kappa shape index (κ2) is 5.55. The molecule has 2 rings (SSSR count). The van der Waals surface area contributed by atoms with Crippen molar-refractivity contribution in [1.82, 2.24) is 4.98 Å². The zero-order valence-corrected chi connectivity index (χ0v) is 11.2. The third-order valence-electron chi connectivity index (χ3n) is 2.54. The minimum absolute atomic E-state index is 0.279. The lowest BCUT2D eigenvalue weighted by Crippen LogP contribution is -2.18. The van der Waals surface area contributed by atoms with Gasteiger partial charge in [0, 0.05) is 7.05 Å². The third-order valence-corrected chi connectivity index (χ3v) is 3.09. The van der Waals surface area contributed by atoms with Crippen LogP contribution in [-0.4, -0.2) is 12.0 Å². The topological polar surface area (TPSA) is 16.1 Å². The van der Waals surface area contributed by atoms with Crippen LogP contribution in [0.4, 0.5) is 10.1 Å². The van der Waals surface area contributed by atoms with Gasteiger partial charge in [0.1, 0.15) is 11.0 Å². The summed E-state index contributed by atoms with van der Waals surface area (Å²) in [6.45, 7) is 0.389. The molecule has 0 aliphatic heterocycles. The van der Waals surface area contributed by atoms with Gasteiger partial charge in [-0.1, -0.05) is 35.3 Å². The molecule has 1 aromatic heterocycles. The highest BCUT2D eigenvalue weighted by Gasteiger charge is 2.10. The summed E-state index contributed by atoms with van der Waals surface area (Å²) in [6, 6.07) is 9.85. The molecule has 0 radical (unpaired) electrons. The average Bonchev–Trinajstić information content (AvgIpc) is 2.34. The van der Waals surface area contributed by atoms with Gasteiger partial charge in [0.15, 0.2) is 0 Å². The van der Waals surface area contributed by atoms with Crippen LogP contribution in [0.1, 0.15) is 5.69 Å². The van der Waals surface area contributed by atoms with E-state index in [2.05, 4.69) is 4.98 Å². The zero-order valence-electron chi connectivity index (χ0n) is 9.70. The summed E-state index contributed by atoms with van der Waals surface area (Å²) in [5.74, 6) is -0.279. The molecule has 0 aliphatic carbocycles. The highest BCUT2D eigenvalue weighted by atomic mass is 35.5. The van der Waals surface area contributed by atoms with E-state index >= 15 is 0 Å². The Balaban J connectivity index is 2.24. The summed E-state index contributed by atoms with van der Waals surface area (Å²) in [5.41, 5.74) is 1.12. The normalized spacial score (nSPS) is 10.4. The third kappa shape index (κ3) is 2.92. The van der Waals surface area contributed by atoms with Crippen LogP contribution in [0.5, 0.6) is 0 Å². The molecular formula is C13H11Cl2FN2. The van der Waals surface area contributed by atoms with Crippen molar-refractivity contribution >= 4 is 28.9 Å². The summed E-state index contributed by atoms with van der Waals surface area (Å²) in [7, 11) is 1.78. The van der Waals surface area contributed by atoms with E-state index in [9.17, 15) is 4.39 Å². The molecule has 0 bridgehead atoms. The van der Waals surface area contributed by atoms with Gasteiger partial charge in [-0.15, -0.1) is 0 Å². The Hall–Kier alpha value is -1.32. The minimum Gasteiger partial charge on any atom is -0.366 e. The molecule has 2 aromatic rings. The Bertz CT molecular complexity index is 560. The van der Waals surface area contributed by atoms with Gasteiger partial charge in [0.05, 0.1) is 22.9 Å². The Morgan fingerprint density at radius 1 is 1.17 bits per heavy atom. The monoisotopic (exact) mass is 284 g/mol. The van der Waals surface area contributed by atoms with Crippen molar-refractivity contribution in [3.05, 3.63) is 58.1 Å². The molecule has 0 atom stereocenters. The number of hydrogen-bond donors (Lipinski definition) is 0. The van der Waals surface area contributed by atoms with E-state index in [0.29, 0.717) is 28.1 Å². The highest BCUT2D eigenvalue weighted by Crippen LogP contribution is 2.22. The standard InChI is InChI=1S/C13H11Cl2FN2/c1-18(12-5-3-2-4-10(12)16)8-11-9(14)6-7-13(15)17-11/h2-7H,8H2,1H3. The van der Waals surface area contributed by atoms with Gasteiger partial charge in [-0.05, 0) is 24.3 Å². The molecule has 0 saturated heterocycles. The molecule has 0 amide bonds. The smallest absolute Gasteiger partial charge is 0.146 e. The fraction of sp³-hybridized carbons (Fsp3) is 0.154. The molecule has 0 unspecified atom stereocenters. The first-order valence-electron chi connectivity index (χ1n) is 5.34. The van der Waals surface area contributed by atoms with E-state index in [-0.39, 0.29) is 5.82 Å². The Morgan fingerprint density at radius 3 is 2.61 bits per heavy atom. The van der Waals surface area contributed by atoms with Crippen LogP contribution < -0.4 is 4.90 Å². The second-order valence-electron chi connectivity index (χ2n) is 3.87. The van der Waals surface area contributed by atoms with Crippen LogP contribution in [0.25, 0.3) is 0 Å². The van der Waals surface area contributed by atoms with Crippen molar-refractivity contribution in [1.29, 1.82) is 0 Å². The van der Waals surface area contributed by atoms with Gasteiger partial charge in [-0.25, -0.2) is 9.37 Å². The van der Waals surface area contributed by atoms with Crippen molar-refractivity contribution in [3.8, 4) is 0 Å². The summed E-state index contributed by atoms with van der Waals surface area (Å²) in [5, 5.41) is 0.888. The molecule has 1 aromatic carbocycles. The molecule has 0 N–H and O–H groups in total. The Kier molecular flexibility index (Phi) is 4.04. The molecule has 2 nitrogen and oxygen atoms in total. The van der Waals surface area contributed by atoms with Gasteiger partial charge in [-0.3, -0.25) is 0 Å². The van der Waals surface area contributed by atoms with E-state index in [4.69, 9.17) is 23.2 Å². The zero-order chi connectivity index (χ0) is 13.1. The molecule has 5 heteroatoms. The van der Waals surface area contributed by atoms with Crippen molar-refractivity contribution in [3.63, 3.8) is 0 Å². The van der Waals surface area contributed by atoms with E-state index in [1.165, 1.54) is 6.07 Å². The largest absolute Gasteiger partial charge is 0.366 e. The minimum atomic E-state index is -0.279. The summed E-state index contributed by atoms with van der Waals surface area (Å²) >= 11 is 11.8. The second-order valence-corrected chi connectivity index (χ2v) is 4.66. The number of rotatable bonds is 3. The molecule has 0 spiro atoms. The molecule has 18 heavy (non-hydrogen) atoms. The quantitative estimate of drug-likeness (QED) is 0.787. The Morgan fingerprint density at radius 2 is 1.89 bits per heavy atom. The lowest BCUT2D eigenvalue weighted by atomic mass is 10.2. The van der Waals surface area contributed by atoms with Crippen molar-refractivity contribution in [2.75, 3.05) is 11.9 Å². The first-order valence-corrected chi connectivity index (χ1v) is 6.10. The number of aromatic nitrogens is 1. The fourth-order valence-electron chi connectivity index (χ4n) is 1.64. The van der Waals surface area contributed by atoms with E-state index in [1.807, 2.05) is 0 Å². The predicted molar refractivity (Wildman–Crippen MR) is 72.8 cm³/mol. The van der Waals surface area contributed by atoms with Gasteiger partial charge in [0.25, 0.3) is 0 Å². The highest BCUT2D eigenvalue weighted by molar-refractivity contribution is 6.32. The number of pyridine rings is 1. The molecule has 0 aliphatic rings. The number of hydrogen-bond acceptors (Lipinski definition) is 2. The molecule has 0 fully saturated rings. The lowest BCUT2D eigenvalue weighted by molar-refractivity contribution is 0.622. The van der Waals surface area contributed by atoms with Crippen LogP contribution in [0, 0.1) is 5.82 Å². The number of para-hydroxylation sites is 1. The van der Waals surface area contributed by atoms with Gasteiger partial charge in [-0.2, -0.15) is 0 Å². The molecule has 1 heterocycles. The van der Waals surface area contributed by atoms with Gasteiger partial charge < -0.3 is 4.90 Å². The first-order chi connectivity index (χ1) is 8.58. The summed E-state index contributed by atoms with van der Waals surface area (Å²) in [6.07, 6.45) is 0. The van der Waals surface area contributed by atoms with E-state index in [1.54, 1.807) is 42.3 Å². The maximum Gasteiger partial charge on any atom is 0.146 e. The van der Waals surface area contributed by atoms with E-state index < -0.39 is 0 Å². The first kappa shape index (κ1) is 13.1. The molecular weight excluding hydrogens is 274 g/mol. The lowest BCUT2D eigenvalue weighted by Gasteiger charge is -2.20. The van der Waals surface area contributed by atoms with Gasteiger partial charge >= 0.3 is 0 Å². The maximum absolute atomic E-state index is 13.6.